The highest BCUT2D eigenvalue weighted by Gasteiger charge is 2.61. The van der Waals surface area contributed by atoms with Gasteiger partial charge in [0.1, 0.15) is 0 Å². The number of hydrogen-bond donors (Lipinski definition) is 0. The first-order valence-corrected chi connectivity index (χ1v) is 52.9. The van der Waals surface area contributed by atoms with Gasteiger partial charge in [0.25, 0.3) is 13.4 Å². The number of benzene rings is 14. The maximum absolute atomic E-state index is 2.85. The summed E-state index contributed by atoms with van der Waals surface area (Å²) in [6.45, 7) is 63.5. The van der Waals surface area contributed by atoms with Crippen LogP contribution in [0.25, 0.3) is 22.3 Å². The molecular formula is C132H142B2N6. The molecule has 2 fully saturated rings. The third-order valence-electron chi connectivity index (χ3n) is 37.4. The highest BCUT2D eigenvalue weighted by atomic mass is 15.3. The summed E-state index contributed by atoms with van der Waals surface area (Å²) in [4.78, 5) is 16.5. The van der Waals surface area contributed by atoms with Gasteiger partial charge in [0.15, 0.2) is 0 Å². The van der Waals surface area contributed by atoms with E-state index < -0.39 is 0 Å². The minimum absolute atomic E-state index is 0.0242. The van der Waals surface area contributed by atoms with Gasteiger partial charge >= 0.3 is 0 Å². The Morgan fingerprint density at radius 3 is 1.10 bits per heavy atom. The Bertz CT molecular complexity index is 7590. The summed E-state index contributed by atoms with van der Waals surface area (Å²) < 4.78 is 0. The number of hydrogen-bond acceptors (Lipinski definition) is 6. The van der Waals surface area contributed by atoms with Crippen LogP contribution >= 0.6 is 0 Å². The van der Waals surface area contributed by atoms with E-state index in [1.54, 1.807) is 0 Å². The topological polar surface area (TPSA) is 19.4 Å². The molecular weight excluding hydrogens is 1690 g/mol. The van der Waals surface area contributed by atoms with Crippen molar-refractivity contribution in [3.8, 4) is 22.3 Å². The molecule has 6 nitrogen and oxygen atoms in total. The average Bonchev–Trinajstić information content (AvgIpc) is 1.14. The Labute approximate surface area is 837 Å². The van der Waals surface area contributed by atoms with Crippen molar-refractivity contribution in [1.82, 2.24) is 0 Å². The smallest absolute Gasteiger partial charge is 0.252 e. The number of nitrogens with zero attached hydrogens (tertiary/aromatic N) is 6. The van der Waals surface area contributed by atoms with Crippen LogP contribution in [0.4, 0.5) is 91.0 Å². The Kier molecular flexibility index (Phi) is 19.6. The first-order valence-electron chi connectivity index (χ1n) is 52.9. The Balaban J connectivity index is 0.603. The molecule has 0 bridgehead atoms. The molecule has 6 heterocycles. The lowest BCUT2D eigenvalue weighted by molar-refractivity contribution is 0.194. The summed E-state index contributed by atoms with van der Waals surface area (Å²) in [6.07, 6.45) is 11.5. The van der Waals surface area contributed by atoms with Crippen LogP contribution in [0.1, 0.15) is 308 Å². The summed E-state index contributed by atoms with van der Waals surface area (Å²) in [6, 6.07) is 108. The first-order chi connectivity index (χ1) is 66.2. The van der Waals surface area contributed by atoms with E-state index >= 15 is 0 Å². The first kappa shape index (κ1) is 90.6. The summed E-state index contributed by atoms with van der Waals surface area (Å²) in [5.41, 5.74) is 51.6. The lowest BCUT2D eigenvalue weighted by Gasteiger charge is -2.50. The third-order valence-corrected chi connectivity index (χ3v) is 37.4. The van der Waals surface area contributed by atoms with Crippen LogP contribution in [0.15, 0.2) is 267 Å². The quantitative estimate of drug-likeness (QED) is 0.119. The van der Waals surface area contributed by atoms with Gasteiger partial charge in [-0.2, -0.15) is 0 Å². The molecule has 140 heavy (non-hydrogen) atoms. The molecule has 24 rings (SSSR count). The zero-order valence-corrected chi connectivity index (χ0v) is 88.3. The summed E-state index contributed by atoms with van der Waals surface area (Å²) in [5, 5.41) is 0. The molecule has 14 aromatic rings. The largest absolute Gasteiger partial charge is 0.334 e. The maximum atomic E-state index is 2.85. The van der Waals surface area contributed by atoms with Crippen molar-refractivity contribution in [2.24, 2.45) is 0 Å². The fourth-order valence-corrected chi connectivity index (χ4v) is 28.6. The molecule has 4 atom stereocenters. The van der Waals surface area contributed by atoms with Crippen LogP contribution in [-0.2, 0) is 54.1 Å². The molecule has 14 aromatic carbocycles. The second-order valence-corrected chi connectivity index (χ2v) is 51.5. The molecule has 0 aromatic heterocycles. The Hall–Kier alpha value is -12.0. The minimum atomic E-state index is -0.197. The number of fused-ring (bicyclic) bond motifs is 20. The Morgan fingerprint density at radius 2 is 0.607 bits per heavy atom. The molecule has 0 spiro atoms. The molecule has 0 amide bonds. The molecule has 706 valence electrons. The van der Waals surface area contributed by atoms with Gasteiger partial charge in [-0.05, 0) is 330 Å². The molecule has 8 heteroatoms. The molecule has 0 N–H and O–H groups in total. The highest BCUT2D eigenvalue weighted by molar-refractivity contribution is 7.01. The van der Waals surface area contributed by atoms with Crippen LogP contribution in [0.3, 0.4) is 0 Å². The lowest BCUT2D eigenvalue weighted by atomic mass is 9.33. The molecule has 0 saturated heterocycles. The van der Waals surface area contributed by atoms with E-state index in [0.717, 1.165) is 32.1 Å². The normalized spacial score (nSPS) is 20.7. The zero-order valence-electron chi connectivity index (χ0n) is 88.3. The summed E-state index contributed by atoms with van der Waals surface area (Å²) >= 11 is 0. The van der Waals surface area contributed by atoms with Crippen LogP contribution < -0.4 is 62.2 Å². The van der Waals surface area contributed by atoms with Gasteiger partial charge in [0.2, 0.25) is 0 Å². The fraction of sp³-hybridized carbons (Fsp3) is 0.364. The zero-order chi connectivity index (χ0) is 97.9. The van der Waals surface area contributed by atoms with Gasteiger partial charge < -0.3 is 29.4 Å². The van der Waals surface area contributed by atoms with Crippen molar-refractivity contribution in [3.05, 3.63) is 345 Å². The average molecular weight is 1830 g/mol. The summed E-state index contributed by atoms with van der Waals surface area (Å²) in [7, 11) is 0. The van der Waals surface area contributed by atoms with E-state index in [9.17, 15) is 0 Å². The van der Waals surface area contributed by atoms with E-state index in [-0.39, 0.29) is 78.7 Å². The SMILES string of the molecule is Cc1cc2c3c(c1)N(c1cccc4c1-c1ccccc1C4(C)C)c1ccc(C(C)(C)C)cc1B3c1ccc(N3c4ccc(C(C)(C)C)cc4C4(C)CCCCC34C)cc1N2c1ccc(C(C)(C)CCC(C)(C)c2ccc3c(c2)C2(C)CCCCC2(C)N3c2ccc3c(c2)N(c2cccc(C(C)(C)C)c2)c2cc(C)cc4c2B3c2ccc(C(C)(C)C)cc2N4c2cccc3c2-c2ccccc2C3(C)C)cc1. The van der Waals surface area contributed by atoms with Crippen molar-refractivity contribution in [1.29, 1.82) is 0 Å². The standard InChI is InChI=1S/C132H142B2N6/c1-81-70-113-120-115(72-81)137(108-46-36-44-97-117(108)93-40-27-29-42-95(93)127(97,19)20)107-63-52-86(123(9,10)11)77-104(107)134(120)103-60-57-91(139-105-61-51-85(122(6,7)8)75-99(105)129(23)64-31-33-66-131(129,139)25)79-111(103)135(113)89-54-48-83(49-55-89)125(15,16)68-69-126(17,18)88-53-62-106-100(76-88)130(24)65-32-34-67-132(130,26)140(106)92-56-59-102-112(80-92)136(90-39-35-38-84(74-90)121(3,4)5)114-71-82(2)73-116-119(114)133(102)101-58-50-87(124(12,13)14)78-110(101)138(116)109-47-37-45-98-118(109)94-41-28-30-43-96(94)128(98,21)22/h27-30,35-63,70-80H,31-34,64-69H2,1-26H3. The van der Waals surface area contributed by atoms with Crippen molar-refractivity contribution in [2.45, 2.75) is 309 Å². The molecule has 4 unspecified atom stereocenters. The lowest BCUT2D eigenvalue weighted by Crippen LogP contribution is -2.61. The van der Waals surface area contributed by atoms with Gasteiger partial charge in [0.05, 0.1) is 22.5 Å². The molecule has 2 saturated carbocycles. The molecule has 0 radical (unpaired) electrons. The second kappa shape index (κ2) is 30.3. The van der Waals surface area contributed by atoms with Crippen LogP contribution in [0.5, 0.6) is 0 Å². The maximum Gasteiger partial charge on any atom is 0.252 e. The molecule has 4 aliphatic carbocycles. The van der Waals surface area contributed by atoms with Crippen LogP contribution in [0.2, 0.25) is 0 Å². The van der Waals surface area contributed by atoms with Crippen LogP contribution in [0, 0.1) is 13.8 Å². The van der Waals surface area contributed by atoms with E-state index in [1.165, 1.54) is 256 Å². The van der Waals surface area contributed by atoms with E-state index in [1.807, 2.05) is 0 Å². The number of rotatable bonds is 11. The van der Waals surface area contributed by atoms with Crippen molar-refractivity contribution < 1.29 is 0 Å². The van der Waals surface area contributed by atoms with E-state index in [4.69, 9.17) is 0 Å². The highest BCUT2D eigenvalue weighted by Crippen LogP contribution is 2.66. The minimum Gasteiger partial charge on any atom is -0.334 e. The van der Waals surface area contributed by atoms with Gasteiger partial charge in [-0.25, -0.2) is 0 Å². The Morgan fingerprint density at radius 1 is 0.250 bits per heavy atom. The monoisotopic (exact) mass is 1830 g/mol. The van der Waals surface area contributed by atoms with E-state index in [2.05, 4.69) is 476 Å². The van der Waals surface area contributed by atoms with Crippen molar-refractivity contribution in [2.75, 3.05) is 29.4 Å². The van der Waals surface area contributed by atoms with Gasteiger partial charge in [-0.1, -0.05) is 336 Å². The second-order valence-electron chi connectivity index (χ2n) is 51.5. The van der Waals surface area contributed by atoms with Gasteiger partial charge in [0, 0.05) is 112 Å². The predicted molar refractivity (Wildman–Crippen MR) is 601 cm³/mol. The van der Waals surface area contributed by atoms with Crippen LogP contribution in [-0.4, -0.2) is 24.5 Å². The number of aryl methyl sites for hydroxylation is 2. The van der Waals surface area contributed by atoms with E-state index in [0.29, 0.717) is 0 Å². The van der Waals surface area contributed by atoms with Crippen molar-refractivity contribution >= 4 is 137 Å². The fourth-order valence-electron chi connectivity index (χ4n) is 28.6. The van der Waals surface area contributed by atoms with Crippen molar-refractivity contribution in [3.63, 3.8) is 0 Å². The summed E-state index contributed by atoms with van der Waals surface area (Å²) in [5.74, 6) is 0. The molecule has 6 aliphatic heterocycles. The molecule has 10 aliphatic rings. The van der Waals surface area contributed by atoms with Gasteiger partial charge in [-0.3, -0.25) is 0 Å². The number of anilines is 16. The van der Waals surface area contributed by atoms with Gasteiger partial charge in [-0.15, -0.1) is 0 Å². The third kappa shape index (κ3) is 12.9. The predicted octanol–water partition coefficient (Wildman–Crippen LogP) is 31.8.